The Kier molecular flexibility index (Phi) is 3.69. The number of aromatic nitrogens is 3. The van der Waals surface area contributed by atoms with Crippen molar-refractivity contribution in [2.45, 2.75) is 31.7 Å². The van der Waals surface area contributed by atoms with Gasteiger partial charge < -0.3 is 10.6 Å². The Labute approximate surface area is 95.4 Å². The van der Waals surface area contributed by atoms with E-state index in [4.69, 9.17) is 0 Å². The molecule has 0 amide bonds. The van der Waals surface area contributed by atoms with Gasteiger partial charge in [0.05, 0.1) is 6.20 Å². The average Bonchev–Trinajstić information content (AvgIpc) is 2.80. The molecule has 1 aromatic heterocycles. The highest BCUT2D eigenvalue weighted by Crippen LogP contribution is 2.20. The quantitative estimate of drug-likeness (QED) is 0.740. The van der Waals surface area contributed by atoms with Crippen LogP contribution < -0.4 is 10.6 Å². The van der Waals surface area contributed by atoms with Gasteiger partial charge in [-0.25, -0.2) is 0 Å². The fourth-order valence-electron chi connectivity index (χ4n) is 1.88. The van der Waals surface area contributed by atoms with E-state index in [0.29, 0.717) is 18.5 Å². The molecular formula is C11H17N5. The number of nitrogens with zero attached hydrogens (tertiary/aromatic N) is 3. The second kappa shape index (κ2) is 5.44. The van der Waals surface area contributed by atoms with Crippen LogP contribution in [0.1, 0.15) is 25.7 Å². The van der Waals surface area contributed by atoms with E-state index in [0.717, 1.165) is 5.82 Å². The summed E-state index contributed by atoms with van der Waals surface area (Å²) < 4.78 is 0. The van der Waals surface area contributed by atoms with Crippen LogP contribution in [-0.4, -0.2) is 27.8 Å². The SMILES string of the molecule is C=CCNc1cnnc(NC2CCCC2)n1. The number of rotatable bonds is 5. The van der Waals surface area contributed by atoms with Crippen LogP contribution in [0, 0.1) is 0 Å². The van der Waals surface area contributed by atoms with Crippen molar-refractivity contribution in [3.8, 4) is 0 Å². The molecule has 86 valence electrons. The van der Waals surface area contributed by atoms with Crippen molar-refractivity contribution in [3.05, 3.63) is 18.9 Å². The van der Waals surface area contributed by atoms with E-state index >= 15 is 0 Å². The maximum Gasteiger partial charge on any atom is 0.244 e. The van der Waals surface area contributed by atoms with Gasteiger partial charge in [-0.3, -0.25) is 0 Å². The summed E-state index contributed by atoms with van der Waals surface area (Å²) in [6.45, 7) is 4.32. The first-order chi connectivity index (χ1) is 7.88. The lowest BCUT2D eigenvalue weighted by molar-refractivity contribution is 0.738. The van der Waals surface area contributed by atoms with Crippen LogP contribution in [0.3, 0.4) is 0 Å². The van der Waals surface area contributed by atoms with E-state index < -0.39 is 0 Å². The molecular weight excluding hydrogens is 202 g/mol. The molecule has 1 heterocycles. The Balaban J connectivity index is 1.94. The maximum absolute atomic E-state index is 4.33. The first-order valence-corrected chi connectivity index (χ1v) is 5.69. The van der Waals surface area contributed by atoms with Crippen molar-refractivity contribution < 1.29 is 0 Å². The van der Waals surface area contributed by atoms with Gasteiger partial charge in [0.25, 0.3) is 0 Å². The molecule has 0 spiro atoms. The largest absolute Gasteiger partial charge is 0.365 e. The van der Waals surface area contributed by atoms with E-state index in [1.165, 1.54) is 25.7 Å². The fourth-order valence-corrected chi connectivity index (χ4v) is 1.88. The Hall–Kier alpha value is -1.65. The predicted molar refractivity (Wildman–Crippen MR) is 64.4 cm³/mol. The molecule has 0 saturated heterocycles. The van der Waals surface area contributed by atoms with Crippen LogP contribution in [-0.2, 0) is 0 Å². The van der Waals surface area contributed by atoms with Crippen LogP contribution in [0.5, 0.6) is 0 Å². The minimum absolute atomic E-state index is 0.511. The van der Waals surface area contributed by atoms with Crippen LogP contribution in [0.25, 0.3) is 0 Å². The summed E-state index contributed by atoms with van der Waals surface area (Å²) in [4.78, 5) is 4.33. The van der Waals surface area contributed by atoms with Crippen molar-refractivity contribution in [2.24, 2.45) is 0 Å². The van der Waals surface area contributed by atoms with E-state index in [9.17, 15) is 0 Å². The zero-order valence-corrected chi connectivity index (χ0v) is 9.32. The van der Waals surface area contributed by atoms with E-state index in [1.807, 2.05) is 0 Å². The average molecular weight is 219 g/mol. The van der Waals surface area contributed by atoms with Crippen molar-refractivity contribution in [1.82, 2.24) is 15.2 Å². The summed E-state index contributed by atoms with van der Waals surface area (Å²) >= 11 is 0. The Morgan fingerprint density at radius 3 is 3.00 bits per heavy atom. The topological polar surface area (TPSA) is 62.7 Å². The van der Waals surface area contributed by atoms with Gasteiger partial charge in [0.15, 0.2) is 5.82 Å². The first-order valence-electron chi connectivity index (χ1n) is 5.69. The number of hydrogen-bond donors (Lipinski definition) is 2. The highest BCUT2D eigenvalue weighted by atomic mass is 15.3. The van der Waals surface area contributed by atoms with Gasteiger partial charge in [-0.05, 0) is 12.8 Å². The molecule has 0 unspecified atom stereocenters. The Bertz CT molecular complexity index is 346. The van der Waals surface area contributed by atoms with E-state index in [2.05, 4.69) is 32.4 Å². The summed E-state index contributed by atoms with van der Waals surface area (Å²) in [6.07, 6.45) is 8.38. The zero-order valence-electron chi connectivity index (χ0n) is 9.32. The molecule has 2 N–H and O–H groups in total. The molecule has 1 aromatic rings. The lowest BCUT2D eigenvalue weighted by Gasteiger charge is -2.11. The molecule has 0 radical (unpaired) electrons. The third kappa shape index (κ3) is 2.92. The first kappa shape index (κ1) is 10.9. The third-order valence-electron chi connectivity index (χ3n) is 2.67. The molecule has 1 aliphatic carbocycles. The summed E-state index contributed by atoms with van der Waals surface area (Å²) in [5, 5.41) is 14.3. The van der Waals surface area contributed by atoms with Crippen molar-refractivity contribution in [3.63, 3.8) is 0 Å². The Morgan fingerprint density at radius 1 is 1.44 bits per heavy atom. The minimum Gasteiger partial charge on any atom is -0.365 e. The standard InChI is InChI=1S/C11H17N5/c1-2-7-12-10-8-13-16-11(15-10)14-9-5-3-4-6-9/h2,8-9H,1,3-7H2,(H2,12,14,15,16). The van der Waals surface area contributed by atoms with E-state index in [-0.39, 0.29) is 0 Å². The van der Waals surface area contributed by atoms with E-state index in [1.54, 1.807) is 12.3 Å². The normalized spacial score (nSPS) is 16.0. The van der Waals surface area contributed by atoms with Gasteiger partial charge in [-0.1, -0.05) is 18.9 Å². The number of nitrogens with one attached hydrogen (secondary N) is 2. The maximum atomic E-state index is 4.33. The second-order valence-corrected chi connectivity index (χ2v) is 3.96. The molecule has 0 aromatic carbocycles. The summed E-state index contributed by atoms with van der Waals surface area (Å²) in [7, 11) is 0. The molecule has 5 heteroatoms. The molecule has 0 bridgehead atoms. The predicted octanol–water partition coefficient (Wildman–Crippen LogP) is 1.82. The second-order valence-electron chi connectivity index (χ2n) is 3.96. The van der Waals surface area contributed by atoms with Crippen molar-refractivity contribution in [1.29, 1.82) is 0 Å². The van der Waals surface area contributed by atoms with Gasteiger partial charge >= 0.3 is 0 Å². The monoisotopic (exact) mass is 219 g/mol. The van der Waals surface area contributed by atoms with Crippen LogP contribution >= 0.6 is 0 Å². The molecule has 0 aliphatic heterocycles. The van der Waals surface area contributed by atoms with Gasteiger partial charge in [0.1, 0.15) is 0 Å². The molecule has 2 rings (SSSR count). The summed E-state index contributed by atoms with van der Waals surface area (Å²) in [6, 6.07) is 0.511. The number of hydrogen-bond acceptors (Lipinski definition) is 5. The Morgan fingerprint density at radius 2 is 2.25 bits per heavy atom. The summed E-state index contributed by atoms with van der Waals surface area (Å²) in [5.74, 6) is 1.34. The van der Waals surface area contributed by atoms with Crippen LogP contribution in [0.4, 0.5) is 11.8 Å². The molecule has 5 nitrogen and oxygen atoms in total. The lowest BCUT2D eigenvalue weighted by Crippen LogP contribution is -2.17. The van der Waals surface area contributed by atoms with Gasteiger partial charge in [0.2, 0.25) is 5.95 Å². The molecule has 1 saturated carbocycles. The van der Waals surface area contributed by atoms with Gasteiger partial charge in [-0.15, -0.1) is 11.7 Å². The molecule has 0 atom stereocenters. The smallest absolute Gasteiger partial charge is 0.244 e. The number of anilines is 2. The van der Waals surface area contributed by atoms with Gasteiger partial charge in [-0.2, -0.15) is 10.1 Å². The van der Waals surface area contributed by atoms with Crippen molar-refractivity contribution in [2.75, 3.05) is 17.2 Å². The van der Waals surface area contributed by atoms with Gasteiger partial charge in [0, 0.05) is 12.6 Å². The highest BCUT2D eigenvalue weighted by molar-refractivity contribution is 5.37. The fraction of sp³-hybridized carbons (Fsp3) is 0.545. The molecule has 1 aliphatic rings. The third-order valence-corrected chi connectivity index (χ3v) is 2.67. The van der Waals surface area contributed by atoms with Crippen LogP contribution in [0.2, 0.25) is 0 Å². The minimum atomic E-state index is 0.511. The molecule has 1 fully saturated rings. The molecule has 16 heavy (non-hydrogen) atoms. The lowest BCUT2D eigenvalue weighted by atomic mass is 10.3. The summed E-state index contributed by atoms with van der Waals surface area (Å²) in [5.41, 5.74) is 0. The van der Waals surface area contributed by atoms with Crippen LogP contribution in [0.15, 0.2) is 18.9 Å². The van der Waals surface area contributed by atoms with Crippen molar-refractivity contribution >= 4 is 11.8 Å². The zero-order chi connectivity index (χ0) is 11.2. The highest BCUT2D eigenvalue weighted by Gasteiger charge is 2.15.